The minimum Gasteiger partial charge on any atom is -0.491 e. The molecule has 36 heavy (non-hydrogen) atoms. The monoisotopic (exact) mass is 491 g/mol. The molecule has 1 atom stereocenters. The van der Waals surface area contributed by atoms with E-state index in [0.717, 1.165) is 44.6 Å². The number of rotatable bonds is 7. The first-order chi connectivity index (χ1) is 17.5. The van der Waals surface area contributed by atoms with E-state index in [1.807, 2.05) is 18.2 Å². The van der Waals surface area contributed by atoms with Crippen molar-refractivity contribution in [2.24, 2.45) is 5.41 Å². The molecular formula is C29H37N3O4. The lowest BCUT2D eigenvalue weighted by Crippen LogP contribution is -2.64. The molecule has 1 amide bonds. The summed E-state index contributed by atoms with van der Waals surface area (Å²) >= 11 is 0. The first kappa shape index (κ1) is 23.8. The van der Waals surface area contributed by atoms with Crippen LogP contribution in [0.15, 0.2) is 42.5 Å². The second-order valence-corrected chi connectivity index (χ2v) is 11.1. The molecule has 1 aliphatic carbocycles. The normalized spacial score (nSPS) is 22.6. The van der Waals surface area contributed by atoms with Gasteiger partial charge in [0.05, 0.1) is 24.3 Å². The first-order valence-corrected chi connectivity index (χ1v) is 13.4. The van der Waals surface area contributed by atoms with Gasteiger partial charge in [-0.3, -0.25) is 9.69 Å². The van der Waals surface area contributed by atoms with Crippen molar-refractivity contribution < 1.29 is 19.4 Å². The van der Waals surface area contributed by atoms with Gasteiger partial charge < -0.3 is 24.4 Å². The molecule has 2 aromatic rings. The maximum absolute atomic E-state index is 13.3. The lowest BCUT2D eigenvalue weighted by Gasteiger charge is -2.58. The Kier molecular flexibility index (Phi) is 6.40. The maximum atomic E-state index is 13.3. The van der Waals surface area contributed by atoms with Crippen molar-refractivity contribution in [1.82, 2.24) is 14.7 Å². The Balaban J connectivity index is 1.03. The number of carbonyl (C=O) groups excluding carboxylic acids is 1. The van der Waals surface area contributed by atoms with Crippen LogP contribution >= 0.6 is 0 Å². The van der Waals surface area contributed by atoms with Gasteiger partial charge in [0.25, 0.3) is 5.91 Å². The molecular weight excluding hydrogens is 454 g/mol. The fraction of sp³-hybridized carbons (Fsp3) is 0.552. The summed E-state index contributed by atoms with van der Waals surface area (Å²) in [6.07, 6.45) is 2.85. The Labute approximate surface area is 213 Å². The van der Waals surface area contributed by atoms with Gasteiger partial charge in [0, 0.05) is 50.7 Å². The van der Waals surface area contributed by atoms with Crippen LogP contribution in [-0.2, 0) is 13.0 Å². The third kappa shape index (κ3) is 4.72. The molecule has 0 radical (unpaired) electrons. The molecule has 3 heterocycles. The third-order valence-corrected chi connectivity index (χ3v) is 8.39. The molecule has 1 N–H and O–H groups in total. The molecule has 3 aliphatic heterocycles. The number of hydrogen-bond donors (Lipinski definition) is 1. The van der Waals surface area contributed by atoms with Crippen LogP contribution in [0.1, 0.15) is 41.3 Å². The fourth-order valence-electron chi connectivity index (χ4n) is 6.47. The van der Waals surface area contributed by atoms with E-state index >= 15 is 0 Å². The minimum absolute atomic E-state index is 0.0891. The molecule has 1 unspecified atom stereocenters. The van der Waals surface area contributed by atoms with Gasteiger partial charge >= 0.3 is 0 Å². The maximum Gasteiger partial charge on any atom is 0.257 e. The van der Waals surface area contributed by atoms with Gasteiger partial charge in [0.2, 0.25) is 0 Å². The number of nitrogens with zero attached hydrogens (tertiary/aromatic N) is 3. The number of hydrogen-bond acceptors (Lipinski definition) is 6. The summed E-state index contributed by atoms with van der Waals surface area (Å²) in [7, 11) is 0. The first-order valence-electron chi connectivity index (χ1n) is 13.4. The predicted molar refractivity (Wildman–Crippen MR) is 137 cm³/mol. The summed E-state index contributed by atoms with van der Waals surface area (Å²) in [5.74, 6) is 1.26. The summed E-state index contributed by atoms with van der Waals surface area (Å²) < 4.78 is 12.2. The highest BCUT2D eigenvalue weighted by Gasteiger charge is 2.52. The SMILES string of the molecule is CCN1CC2(CC(Oc3ccc4c(c3)OCCN(CC(O)CN3CCc5ccccc5C3)C4=O)C2)C1. The summed E-state index contributed by atoms with van der Waals surface area (Å²) in [6.45, 7) is 9.22. The fourth-order valence-corrected chi connectivity index (χ4v) is 6.47. The van der Waals surface area contributed by atoms with Crippen LogP contribution in [0.4, 0.5) is 0 Å². The Bertz CT molecular complexity index is 1110. The van der Waals surface area contributed by atoms with E-state index in [-0.39, 0.29) is 12.0 Å². The lowest BCUT2D eigenvalue weighted by molar-refractivity contribution is -0.117. The Hall–Kier alpha value is -2.61. The standard InChI is InChI=1S/C29H37N3O4/c1-2-30-19-29(20-30)14-25(15-29)36-24-7-8-26-27(13-24)35-12-11-32(28(26)34)18-23(33)17-31-10-9-21-5-3-4-6-22(21)16-31/h3-8,13,23,25,33H,2,9-12,14-20H2,1H3. The number of fused-ring (bicyclic) bond motifs is 2. The van der Waals surface area contributed by atoms with Crippen molar-refractivity contribution in [3.63, 3.8) is 0 Å². The second-order valence-electron chi connectivity index (χ2n) is 11.1. The van der Waals surface area contributed by atoms with E-state index in [2.05, 4.69) is 41.0 Å². The number of β-amino-alcohol motifs (C(OH)–C–C–N with tert-alkyl or cyclic N) is 1. The molecule has 192 valence electrons. The van der Waals surface area contributed by atoms with Gasteiger partial charge in [0.15, 0.2) is 0 Å². The highest BCUT2D eigenvalue weighted by atomic mass is 16.5. The molecule has 7 heteroatoms. The van der Waals surface area contributed by atoms with Crippen LogP contribution in [0.2, 0.25) is 0 Å². The van der Waals surface area contributed by atoms with Gasteiger partial charge in [-0.25, -0.2) is 0 Å². The third-order valence-electron chi connectivity index (χ3n) is 8.39. The van der Waals surface area contributed by atoms with Crippen molar-refractivity contribution in [1.29, 1.82) is 0 Å². The Morgan fingerprint density at radius 2 is 1.89 bits per heavy atom. The largest absolute Gasteiger partial charge is 0.491 e. The van der Waals surface area contributed by atoms with Gasteiger partial charge in [-0.1, -0.05) is 31.2 Å². The van der Waals surface area contributed by atoms with E-state index in [1.54, 1.807) is 4.90 Å². The Morgan fingerprint density at radius 1 is 1.08 bits per heavy atom. The molecule has 2 fully saturated rings. The molecule has 1 saturated carbocycles. The lowest BCUT2D eigenvalue weighted by atomic mass is 9.62. The molecule has 2 aromatic carbocycles. The van der Waals surface area contributed by atoms with E-state index < -0.39 is 6.10 Å². The number of carbonyl (C=O) groups is 1. The molecule has 6 rings (SSSR count). The molecule has 1 spiro atoms. The van der Waals surface area contributed by atoms with Crippen LogP contribution in [0, 0.1) is 5.41 Å². The van der Waals surface area contributed by atoms with Crippen LogP contribution in [-0.4, -0.2) is 90.3 Å². The summed E-state index contributed by atoms with van der Waals surface area (Å²) in [5, 5.41) is 10.8. The number of aliphatic hydroxyl groups excluding tert-OH is 1. The molecule has 4 aliphatic rings. The highest BCUT2D eigenvalue weighted by molar-refractivity contribution is 5.97. The molecule has 0 bridgehead atoms. The molecule has 7 nitrogen and oxygen atoms in total. The number of amides is 1. The van der Waals surface area contributed by atoms with Crippen molar-refractivity contribution >= 4 is 5.91 Å². The topological polar surface area (TPSA) is 65.5 Å². The van der Waals surface area contributed by atoms with Crippen molar-refractivity contribution in [3.05, 3.63) is 59.2 Å². The number of aliphatic hydroxyl groups is 1. The van der Waals surface area contributed by atoms with E-state index in [9.17, 15) is 9.90 Å². The van der Waals surface area contributed by atoms with Gasteiger partial charge in [-0.15, -0.1) is 0 Å². The number of benzene rings is 2. The Morgan fingerprint density at radius 3 is 2.69 bits per heavy atom. The quantitative estimate of drug-likeness (QED) is 0.643. The van der Waals surface area contributed by atoms with Crippen LogP contribution in [0.5, 0.6) is 11.5 Å². The zero-order valence-corrected chi connectivity index (χ0v) is 21.2. The van der Waals surface area contributed by atoms with Gasteiger partial charge in [0.1, 0.15) is 18.1 Å². The zero-order valence-electron chi connectivity index (χ0n) is 21.2. The molecule has 1 saturated heterocycles. The van der Waals surface area contributed by atoms with Gasteiger partial charge in [-0.05, 0) is 49.1 Å². The summed E-state index contributed by atoms with van der Waals surface area (Å²) in [6, 6.07) is 14.1. The smallest absolute Gasteiger partial charge is 0.257 e. The predicted octanol–water partition coefficient (Wildman–Crippen LogP) is 2.80. The minimum atomic E-state index is -0.607. The van der Waals surface area contributed by atoms with E-state index in [1.165, 1.54) is 24.2 Å². The number of ether oxygens (including phenoxy) is 2. The van der Waals surface area contributed by atoms with Crippen molar-refractivity contribution in [2.45, 2.75) is 44.9 Å². The van der Waals surface area contributed by atoms with Gasteiger partial charge in [-0.2, -0.15) is 0 Å². The zero-order chi connectivity index (χ0) is 24.7. The molecule has 0 aromatic heterocycles. The average Bonchev–Trinajstić information content (AvgIpc) is 2.98. The average molecular weight is 492 g/mol. The second kappa shape index (κ2) is 9.69. The van der Waals surface area contributed by atoms with E-state index in [4.69, 9.17) is 9.47 Å². The summed E-state index contributed by atoms with van der Waals surface area (Å²) in [4.78, 5) is 19.8. The highest BCUT2D eigenvalue weighted by Crippen LogP contribution is 2.49. The van der Waals surface area contributed by atoms with Crippen LogP contribution < -0.4 is 9.47 Å². The van der Waals surface area contributed by atoms with Crippen LogP contribution in [0.3, 0.4) is 0 Å². The van der Waals surface area contributed by atoms with Crippen molar-refractivity contribution in [3.8, 4) is 11.5 Å². The van der Waals surface area contributed by atoms with Crippen molar-refractivity contribution in [2.75, 3.05) is 52.4 Å². The van der Waals surface area contributed by atoms with E-state index in [0.29, 0.717) is 43.0 Å². The number of likely N-dealkylation sites (tertiary alicyclic amines) is 1. The summed E-state index contributed by atoms with van der Waals surface area (Å²) in [5.41, 5.74) is 3.74. The van der Waals surface area contributed by atoms with Crippen LogP contribution in [0.25, 0.3) is 0 Å².